The van der Waals surface area contributed by atoms with E-state index < -0.39 is 12.3 Å². The zero-order chi connectivity index (χ0) is 22.6. The molecule has 1 heterocycles. The van der Waals surface area contributed by atoms with E-state index in [-0.39, 0.29) is 23.8 Å². The van der Waals surface area contributed by atoms with Gasteiger partial charge in [0, 0.05) is 17.5 Å². The van der Waals surface area contributed by atoms with Crippen molar-refractivity contribution in [1.82, 2.24) is 5.32 Å². The SMILES string of the molecule is CC(C)CN1C(=O)[C@@H](NC(=O)OCc2ccccc2)N=C(C(C)(C)C)c2ccccc21. The first-order valence-corrected chi connectivity index (χ1v) is 10.6. The summed E-state index contributed by atoms with van der Waals surface area (Å²) in [6, 6.07) is 17.2. The molecule has 6 heteroatoms. The number of nitrogens with one attached hydrogen (secondary N) is 1. The Balaban J connectivity index is 1.91. The van der Waals surface area contributed by atoms with E-state index >= 15 is 0 Å². The predicted molar refractivity (Wildman–Crippen MR) is 123 cm³/mol. The standard InChI is InChI=1S/C25H31N3O3/c1-17(2)15-28-20-14-10-9-13-19(20)21(25(3,4)5)26-22(23(28)29)27-24(30)31-16-18-11-7-6-8-12-18/h6-14,17,22H,15-16H2,1-5H3,(H,27,30)/t22-/m1/s1. The zero-order valence-electron chi connectivity index (χ0n) is 18.9. The summed E-state index contributed by atoms with van der Waals surface area (Å²) in [5.41, 5.74) is 3.05. The fourth-order valence-electron chi connectivity index (χ4n) is 3.55. The van der Waals surface area contributed by atoms with E-state index in [1.165, 1.54) is 0 Å². The highest BCUT2D eigenvalue weighted by Crippen LogP contribution is 2.33. The number of ether oxygens (including phenoxy) is 1. The van der Waals surface area contributed by atoms with Gasteiger partial charge in [0.1, 0.15) is 6.61 Å². The van der Waals surface area contributed by atoms with Crippen LogP contribution in [-0.4, -0.2) is 30.4 Å². The maximum Gasteiger partial charge on any atom is 0.409 e. The van der Waals surface area contributed by atoms with Crippen LogP contribution in [0.1, 0.15) is 45.7 Å². The average molecular weight is 422 g/mol. The Bertz CT molecular complexity index is 961. The minimum absolute atomic E-state index is 0.124. The molecule has 6 nitrogen and oxygen atoms in total. The van der Waals surface area contributed by atoms with Crippen molar-refractivity contribution >= 4 is 23.4 Å². The Hall–Kier alpha value is -3.15. The lowest BCUT2D eigenvalue weighted by Gasteiger charge is -2.27. The molecule has 0 unspecified atom stereocenters. The van der Waals surface area contributed by atoms with Crippen LogP contribution >= 0.6 is 0 Å². The Morgan fingerprint density at radius 1 is 1.10 bits per heavy atom. The molecule has 0 radical (unpaired) electrons. The van der Waals surface area contributed by atoms with Crippen LogP contribution in [-0.2, 0) is 16.1 Å². The largest absolute Gasteiger partial charge is 0.445 e. The first kappa shape index (κ1) is 22.5. The van der Waals surface area contributed by atoms with Gasteiger partial charge in [-0.05, 0) is 17.5 Å². The number of anilines is 1. The second-order valence-electron chi connectivity index (χ2n) is 9.20. The lowest BCUT2D eigenvalue weighted by Crippen LogP contribution is -2.48. The summed E-state index contributed by atoms with van der Waals surface area (Å²) in [5, 5.41) is 2.68. The lowest BCUT2D eigenvalue weighted by molar-refractivity contribution is -0.120. The number of fused-ring (bicyclic) bond motifs is 1. The third-order valence-corrected chi connectivity index (χ3v) is 4.93. The van der Waals surface area contributed by atoms with Crippen molar-refractivity contribution in [2.45, 2.75) is 47.4 Å². The molecular formula is C25H31N3O3. The van der Waals surface area contributed by atoms with Gasteiger partial charge in [0.2, 0.25) is 6.17 Å². The van der Waals surface area contributed by atoms with Crippen LogP contribution in [0.15, 0.2) is 59.6 Å². The second kappa shape index (κ2) is 9.33. The maximum atomic E-state index is 13.5. The molecule has 0 spiro atoms. The quantitative estimate of drug-likeness (QED) is 0.755. The van der Waals surface area contributed by atoms with E-state index in [9.17, 15) is 9.59 Å². The van der Waals surface area contributed by atoms with Crippen molar-refractivity contribution in [1.29, 1.82) is 0 Å². The molecule has 1 aliphatic heterocycles. The number of amides is 2. The lowest BCUT2D eigenvalue weighted by atomic mass is 9.84. The van der Waals surface area contributed by atoms with E-state index in [0.29, 0.717) is 6.54 Å². The van der Waals surface area contributed by atoms with Gasteiger partial charge in [-0.15, -0.1) is 0 Å². The third-order valence-electron chi connectivity index (χ3n) is 4.93. The highest BCUT2D eigenvalue weighted by molar-refractivity contribution is 6.14. The third kappa shape index (κ3) is 5.51. The highest BCUT2D eigenvalue weighted by Gasteiger charge is 2.36. The van der Waals surface area contributed by atoms with E-state index in [1.807, 2.05) is 54.6 Å². The molecule has 2 aromatic rings. The Kier molecular flexibility index (Phi) is 6.78. The van der Waals surface area contributed by atoms with Gasteiger partial charge < -0.3 is 9.64 Å². The van der Waals surface area contributed by atoms with Crippen LogP contribution in [0.2, 0.25) is 0 Å². The number of carbonyl (C=O) groups is 2. The van der Waals surface area contributed by atoms with Crippen molar-refractivity contribution in [3.63, 3.8) is 0 Å². The summed E-state index contributed by atoms with van der Waals surface area (Å²) in [6.45, 7) is 10.9. The molecule has 0 saturated carbocycles. The minimum Gasteiger partial charge on any atom is -0.445 e. The van der Waals surface area contributed by atoms with Crippen LogP contribution in [0.4, 0.5) is 10.5 Å². The molecule has 1 aliphatic rings. The highest BCUT2D eigenvalue weighted by atomic mass is 16.5. The molecule has 3 rings (SSSR count). The minimum atomic E-state index is -1.05. The van der Waals surface area contributed by atoms with Gasteiger partial charge in [0.15, 0.2) is 0 Å². The van der Waals surface area contributed by atoms with Gasteiger partial charge in [-0.3, -0.25) is 15.1 Å². The van der Waals surface area contributed by atoms with Crippen molar-refractivity contribution in [3.05, 3.63) is 65.7 Å². The van der Waals surface area contributed by atoms with E-state index in [0.717, 1.165) is 22.5 Å². The molecule has 164 valence electrons. The molecule has 0 saturated heterocycles. The summed E-state index contributed by atoms with van der Waals surface area (Å²) in [5.74, 6) is -0.0177. The molecule has 1 atom stereocenters. The monoisotopic (exact) mass is 421 g/mol. The number of hydrogen-bond acceptors (Lipinski definition) is 4. The Morgan fingerprint density at radius 3 is 2.39 bits per heavy atom. The predicted octanol–water partition coefficient (Wildman–Crippen LogP) is 4.78. The van der Waals surface area contributed by atoms with Crippen LogP contribution in [0.25, 0.3) is 0 Å². The number of rotatable bonds is 5. The fraction of sp³-hybridized carbons (Fsp3) is 0.400. The number of alkyl carbamates (subject to hydrolysis) is 1. The van der Waals surface area contributed by atoms with Gasteiger partial charge in [0.05, 0.1) is 11.4 Å². The van der Waals surface area contributed by atoms with Crippen molar-refractivity contribution in [3.8, 4) is 0 Å². The summed E-state index contributed by atoms with van der Waals surface area (Å²) in [7, 11) is 0. The first-order valence-electron chi connectivity index (χ1n) is 10.6. The van der Waals surface area contributed by atoms with Crippen molar-refractivity contribution in [2.75, 3.05) is 11.4 Å². The van der Waals surface area contributed by atoms with Crippen LogP contribution < -0.4 is 10.2 Å². The maximum absolute atomic E-state index is 13.5. The molecule has 2 aromatic carbocycles. The van der Waals surface area contributed by atoms with Crippen LogP contribution in [0.3, 0.4) is 0 Å². The van der Waals surface area contributed by atoms with Gasteiger partial charge in [-0.25, -0.2) is 4.79 Å². The smallest absolute Gasteiger partial charge is 0.409 e. The normalized spacial score (nSPS) is 16.5. The van der Waals surface area contributed by atoms with Crippen molar-refractivity contribution in [2.24, 2.45) is 16.3 Å². The molecule has 0 fully saturated rings. The number of nitrogens with zero attached hydrogens (tertiary/aromatic N) is 2. The van der Waals surface area contributed by atoms with Gasteiger partial charge in [-0.2, -0.15) is 0 Å². The van der Waals surface area contributed by atoms with E-state index in [4.69, 9.17) is 9.73 Å². The van der Waals surface area contributed by atoms with Crippen LogP contribution in [0, 0.1) is 11.3 Å². The molecule has 2 amide bonds. The van der Waals surface area contributed by atoms with Gasteiger partial charge in [-0.1, -0.05) is 83.1 Å². The molecule has 1 N–H and O–H groups in total. The second-order valence-corrected chi connectivity index (χ2v) is 9.20. The van der Waals surface area contributed by atoms with E-state index in [1.54, 1.807) is 4.90 Å². The number of para-hydroxylation sites is 1. The first-order chi connectivity index (χ1) is 14.7. The number of benzene rings is 2. The Labute approximate surface area is 184 Å². The summed E-state index contributed by atoms with van der Waals surface area (Å²) in [6.07, 6.45) is -1.72. The topological polar surface area (TPSA) is 71.0 Å². The van der Waals surface area contributed by atoms with E-state index in [2.05, 4.69) is 39.9 Å². The molecular weight excluding hydrogens is 390 g/mol. The molecule has 0 aromatic heterocycles. The summed E-state index contributed by atoms with van der Waals surface area (Å²) >= 11 is 0. The summed E-state index contributed by atoms with van der Waals surface area (Å²) < 4.78 is 5.34. The molecule has 0 aliphatic carbocycles. The fourth-order valence-corrected chi connectivity index (χ4v) is 3.55. The van der Waals surface area contributed by atoms with Gasteiger partial charge in [0.25, 0.3) is 5.91 Å². The number of aliphatic imine (C=N–C) groups is 1. The average Bonchev–Trinajstić information content (AvgIpc) is 2.83. The Morgan fingerprint density at radius 2 is 1.74 bits per heavy atom. The van der Waals surface area contributed by atoms with Crippen molar-refractivity contribution < 1.29 is 14.3 Å². The van der Waals surface area contributed by atoms with Crippen LogP contribution in [0.5, 0.6) is 0 Å². The summed E-state index contributed by atoms with van der Waals surface area (Å²) in [4.78, 5) is 32.5. The zero-order valence-corrected chi connectivity index (χ0v) is 18.9. The number of carbonyl (C=O) groups excluding carboxylic acids is 2. The number of hydrogen-bond donors (Lipinski definition) is 1. The van der Waals surface area contributed by atoms with Gasteiger partial charge >= 0.3 is 6.09 Å². The number of benzodiazepines with no additional fused rings is 1. The molecule has 31 heavy (non-hydrogen) atoms. The molecule has 0 bridgehead atoms.